The van der Waals surface area contributed by atoms with Crippen molar-refractivity contribution in [3.63, 3.8) is 0 Å². The van der Waals surface area contributed by atoms with Crippen LogP contribution in [0.15, 0.2) is 48.5 Å². The van der Waals surface area contributed by atoms with Crippen molar-refractivity contribution in [2.45, 2.75) is 24.8 Å². The summed E-state index contributed by atoms with van der Waals surface area (Å²) in [6, 6.07) is 14.8. The number of rotatable bonds is 6. The molecule has 1 saturated heterocycles. The largest absolute Gasteiger partial charge is 0.497 e. The van der Waals surface area contributed by atoms with Crippen LogP contribution in [-0.2, 0) is 21.4 Å². The van der Waals surface area contributed by atoms with E-state index in [4.69, 9.17) is 9.57 Å². The zero-order chi connectivity index (χ0) is 18.7. The van der Waals surface area contributed by atoms with Crippen LogP contribution in [-0.4, -0.2) is 39.5 Å². The number of ether oxygens (including phenoxy) is 1. The maximum absolute atomic E-state index is 12.9. The molecule has 0 amide bonds. The predicted octanol–water partition coefficient (Wildman–Crippen LogP) is 2.41. The topological polar surface area (TPSA) is 67.9 Å². The van der Waals surface area contributed by atoms with Gasteiger partial charge in [0, 0.05) is 13.6 Å². The van der Waals surface area contributed by atoms with Crippen LogP contribution in [0.5, 0.6) is 5.75 Å². The lowest BCUT2D eigenvalue weighted by atomic mass is 10.0. The zero-order valence-electron chi connectivity index (χ0n) is 15.2. The van der Waals surface area contributed by atoms with Crippen molar-refractivity contribution in [2.75, 3.05) is 20.8 Å². The van der Waals surface area contributed by atoms with Crippen molar-refractivity contribution >= 4 is 10.0 Å². The quantitative estimate of drug-likeness (QED) is 0.839. The molecule has 2 aromatic carbocycles. The molecule has 0 aliphatic carbocycles. The van der Waals surface area contributed by atoms with E-state index >= 15 is 0 Å². The fourth-order valence-electron chi connectivity index (χ4n) is 3.22. The van der Waals surface area contributed by atoms with E-state index in [-0.39, 0.29) is 13.2 Å². The molecule has 1 heterocycles. The summed E-state index contributed by atoms with van der Waals surface area (Å²) in [6.45, 7) is 2.35. The first-order valence-electron chi connectivity index (χ1n) is 8.44. The van der Waals surface area contributed by atoms with Gasteiger partial charge in [0.2, 0.25) is 10.0 Å². The molecule has 1 N–H and O–H groups in total. The highest BCUT2D eigenvalue weighted by molar-refractivity contribution is 7.90. The molecule has 6 nitrogen and oxygen atoms in total. The summed E-state index contributed by atoms with van der Waals surface area (Å²) in [5.74, 6) is 0.687. The molecular weight excluding hydrogens is 352 g/mol. The third-order valence-corrected chi connectivity index (χ3v) is 6.32. The van der Waals surface area contributed by atoms with Crippen LogP contribution < -0.4 is 9.46 Å². The molecule has 1 aliphatic rings. The summed E-state index contributed by atoms with van der Waals surface area (Å²) in [7, 11) is -0.239. The Morgan fingerprint density at radius 2 is 2.00 bits per heavy atom. The Bertz CT molecular complexity index is 869. The number of sulfonamides is 1. The molecule has 0 spiro atoms. The molecule has 2 atom stereocenters. The molecule has 1 aliphatic heterocycles. The smallest absolute Gasteiger partial charge is 0.219 e. The second-order valence-electron chi connectivity index (χ2n) is 6.46. The van der Waals surface area contributed by atoms with Crippen molar-refractivity contribution in [3.05, 3.63) is 65.2 Å². The van der Waals surface area contributed by atoms with Crippen LogP contribution in [0.2, 0.25) is 0 Å². The second-order valence-corrected chi connectivity index (χ2v) is 8.44. The van der Waals surface area contributed by atoms with Crippen molar-refractivity contribution in [2.24, 2.45) is 0 Å². The molecule has 0 saturated carbocycles. The van der Waals surface area contributed by atoms with Crippen molar-refractivity contribution in [3.8, 4) is 5.75 Å². The van der Waals surface area contributed by atoms with Gasteiger partial charge in [0.05, 0.1) is 19.8 Å². The van der Waals surface area contributed by atoms with Gasteiger partial charge in [-0.1, -0.05) is 42.0 Å². The van der Waals surface area contributed by atoms with Gasteiger partial charge >= 0.3 is 0 Å². The first kappa shape index (κ1) is 18.8. The van der Waals surface area contributed by atoms with E-state index in [0.29, 0.717) is 5.75 Å². The average molecular weight is 376 g/mol. The molecule has 26 heavy (non-hydrogen) atoms. The Morgan fingerprint density at radius 3 is 2.73 bits per heavy atom. The molecule has 0 bridgehead atoms. The Balaban J connectivity index is 1.80. The van der Waals surface area contributed by atoms with Crippen LogP contribution in [0, 0.1) is 6.92 Å². The fraction of sp³-hybridized carbons (Fsp3) is 0.368. The molecule has 2 aromatic rings. The van der Waals surface area contributed by atoms with Crippen LogP contribution in [0.1, 0.15) is 22.7 Å². The predicted molar refractivity (Wildman–Crippen MR) is 100 cm³/mol. The van der Waals surface area contributed by atoms with Gasteiger partial charge in [0.25, 0.3) is 0 Å². The fourth-order valence-corrected chi connectivity index (χ4v) is 4.71. The van der Waals surface area contributed by atoms with Crippen molar-refractivity contribution < 1.29 is 18.0 Å². The highest BCUT2D eigenvalue weighted by atomic mass is 32.2. The minimum Gasteiger partial charge on any atom is -0.497 e. The van der Waals surface area contributed by atoms with Gasteiger partial charge in [-0.05, 0) is 30.2 Å². The molecule has 140 valence electrons. The minimum absolute atomic E-state index is 0.113. The van der Waals surface area contributed by atoms with E-state index in [0.717, 1.165) is 16.7 Å². The van der Waals surface area contributed by atoms with E-state index in [1.54, 1.807) is 19.2 Å². The van der Waals surface area contributed by atoms with Crippen molar-refractivity contribution in [1.29, 1.82) is 0 Å². The molecule has 7 heteroatoms. The van der Waals surface area contributed by atoms with Crippen LogP contribution in [0.3, 0.4) is 0 Å². The Hall–Kier alpha value is -1.93. The number of aryl methyl sites for hydroxylation is 1. The standard InChI is InChI=1S/C19H24N2O4S/c1-14-6-4-7-15(10-14)12-20-26(22,23)18-13-25-21(2)19(18)16-8-5-9-17(11-16)24-3/h4-11,18-20H,12-13H2,1-3H3/t18-,19+/m0/s1. The average Bonchev–Trinajstić information content (AvgIpc) is 3.03. The minimum atomic E-state index is -3.58. The number of hydrogen-bond acceptors (Lipinski definition) is 5. The third kappa shape index (κ3) is 4.07. The molecule has 3 rings (SSSR count). The Morgan fingerprint density at radius 1 is 1.23 bits per heavy atom. The molecule has 0 aromatic heterocycles. The molecule has 0 radical (unpaired) electrons. The molecule has 0 unspecified atom stereocenters. The van der Waals surface area contributed by atoms with Crippen LogP contribution >= 0.6 is 0 Å². The summed E-state index contributed by atoms with van der Waals surface area (Å²) in [6.07, 6.45) is 0. The van der Waals surface area contributed by atoms with Crippen LogP contribution in [0.25, 0.3) is 0 Å². The van der Waals surface area contributed by atoms with Gasteiger partial charge < -0.3 is 4.74 Å². The third-order valence-electron chi connectivity index (χ3n) is 4.58. The second kappa shape index (κ2) is 7.75. The van der Waals surface area contributed by atoms with E-state index in [1.807, 2.05) is 55.5 Å². The number of nitrogens with one attached hydrogen (secondary N) is 1. The SMILES string of the molecule is COc1cccc([C@@H]2[C@@H](S(=O)(=O)NCc3cccc(C)c3)CON2C)c1. The van der Waals surface area contributed by atoms with Gasteiger partial charge in [0.15, 0.2) is 0 Å². The van der Waals surface area contributed by atoms with E-state index in [9.17, 15) is 8.42 Å². The monoisotopic (exact) mass is 376 g/mol. The van der Waals surface area contributed by atoms with Gasteiger partial charge in [0.1, 0.15) is 11.0 Å². The van der Waals surface area contributed by atoms with E-state index in [2.05, 4.69) is 4.72 Å². The zero-order valence-corrected chi connectivity index (χ0v) is 16.0. The first-order chi connectivity index (χ1) is 12.4. The van der Waals surface area contributed by atoms with Gasteiger partial charge in [-0.15, -0.1) is 0 Å². The molecular formula is C19H24N2O4S. The highest BCUT2D eigenvalue weighted by Gasteiger charge is 2.43. The van der Waals surface area contributed by atoms with Gasteiger partial charge in [-0.25, -0.2) is 13.1 Å². The summed E-state index contributed by atoms with van der Waals surface area (Å²) < 4.78 is 33.8. The number of nitrogens with zero attached hydrogens (tertiary/aromatic N) is 1. The highest BCUT2D eigenvalue weighted by Crippen LogP contribution is 2.34. The lowest BCUT2D eigenvalue weighted by molar-refractivity contribution is -0.110. The van der Waals surface area contributed by atoms with Gasteiger partial charge in [-0.2, -0.15) is 5.06 Å². The Kier molecular flexibility index (Phi) is 5.62. The normalized spacial score (nSPS) is 21.0. The number of hydrogen-bond donors (Lipinski definition) is 1. The van der Waals surface area contributed by atoms with Crippen LogP contribution in [0.4, 0.5) is 0 Å². The lowest BCUT2D eigenvalue weighted by Crippen LogP contribution is -2.39. The van der Waals surface area contributed by atoms with Gasteiger partial charge in [-0.3, -0.25) is 4.84 Å². The van der Waals surface area contributed by atoms with Crippen molar-refractivity contribution in [1.82, 2.24) is 9.79 Å². The summed E-state index contributed by atoms with van der Waals surface area (Å²) in [5.41, 5.74) is 2.87. The summed E-state index contributed by atoms with van der Waals surface area (Å²) in [5, 5.41) is 0.898. The first-order valence-corrected chi connectivity index (χ1v) is 9.99. The molecule has 1 fully saturated rings. The summed E-state index contributed by atoms with van der Waals surface area (Å²) in [4.78, 5) is 5.54. The lowest BCUT2D eigenvalue weighted by Gasteiger charge is -2.23. The number of methoxy groups -OCH3 is 1. The van der Waals surface area contributed by atoms with E-state index in [1.165, 1.54) is 0 Å². The Labute approximate surface area is 154 Å². The summed E-state index contributed by atoms with van der Waals surface area (Å²) >= 11 is 0. The maximum atomic E-state index is 12.9. The number of benzene rings is 2. The number of hydroxylamine groups is 2. The maximum Gasteiger partial charge on any atom is 0.219 e. The van der Waals surface area contributed by atoms with E-state index < -0.39 is 21.3 Å².